The van der Waals surface area contributed by atoms with Crippen molar-refractivity contribution in [2.75, 3.05) is 13.1 Å². The number of aryl methyl sites for hydroxylation is 1. The Balaban J connectivity index is 1.28. The van der Waals surface area contributed by atoms with E-state index < -0.39 is 23.7 Å². The van der Waals surface area contributed by atoms with Crippen molar-refractivity contribution in [1.82, 2.24) is 9.88 Å². The van der Waals surface area contributed by atoms with Crippen LogP contribution < -0.4 is 4.74 Å². The van der Waals surface area contributed by atoms with Crippen molar-refractivity contribution in [2.45, 2.75) is 63.8 Å². The number of pyridine rings is 1. The van der Waals surface area contributed by atoms with E-state index in [2.05, 4.69) is 9.88 Å². The van der Waals surface area contributed by atoms with Gasteiger partial charge in [-0.1, -0.05) is 60.1 Å². The average molecular weight is 681 g/mol. The summed E-state index contributed by atoms with van der Waals surface area (Å²) in [5, 5.41) is 19.0. The summed E-state index contributed by atoms with van der Waals surface area (Å²) in [5.41, 5.74) is 4.17. The molecule has 1 aliphatic rings. The van der Waals surface area contributed by atoms with Crippen molar-refractivity contribution >= 4 is 23.5 Å². The fraction of sp³-hybridized carbons (Fsp3) is 0.324. The van der Waals surface area contributed by atoms with Crippen molar-refractivity contribution in [3.63, 3.8) is 0 Å². The molecule has 0 amide bonds. The lowest BCUT2D eigenvalue weighted by Crippen LogP contribution is -2.34. The first-order valence-corrected chi connectivity index (χ1v) is 16.2. The van der Waals surface area contributed by atoms with Gasteiger partial charge in [0, 0.05) is 35.3 Å². The van der Waals surface area contributed by atoms with Crippen LogP contribution in [-0.4, -0.2) is 45.1 Å². The number of rotatable bonds is 14. The van der Waals surface area contributed by atoms with E-state index in [1.54, 1.807) is 24.3 Å². The van der Waals surface area contributed by atoms with Crippen molar-refractivity contribution in [3.8, 4) is 16.9 Å². The molecular weight excluding hydrogens is 645 g/mol. The Bertz CT molecular complexity index is 1750. The minimum Gasteiger partial charge on any atom is -0.489 e. The molecule has 3 aromatic carbocycles. The Morgan fingerprint density at radius 3 is 2.38 bits per heavy atom. The number of hydrogen-bond acceptors (Lipinski definition) is 5. The standard InChI is InChI=1S/C37H36ClF3N2O5/c38-30-22-26(24-13-15-28(16-14-24)37(39,40)41)11-12-27(30)23-48-34-9-2-1-6-25(34)19-21-43(20-4-3-10-35(44)45)33-8-5-7-31-29(33)17-18-32(42-31)36(46)47/h1-2,6,9,11-18,22,33H,3-5,7-8,10,19-21,23H2,(H,44,45)(H,46,47)/t33-/m0/s1. The summed E-state index contributed by atoms with van der Waals surface area (Å²) >= 11 is 6.59. The molecule has 0 radical (unpaired) electrons. The van der Waals surface area contributed by atoms with Gasteiger partial charge in [0.15, 0.2) is 0 Å². The first kappa shape index (κ1) is 34.9. The number of hydrogen-bond donors (Lipinski definition) is 2. The minimum atomic E-state index is -4.40. The Morgan fingerprint density at radius 2 is 1.67 bits per heavy atom. The number of nitrogens with zero attached hydrogens (tertiary/aromatic N) is 2. The molecule has 7 nitrogen and oxygen atoms in total. The third kappa shape index (κ3) is 8.93. The van der Waals surface area contributed by atoms with E-state index in [0.717, 1.165) is 47.4 Å². The summed E-state index contributed by atoms with van der Waals surface area (Å²) in [5.74, 6) is -1.18. The van der Waals surface area contributed by atoms with Crippen LogP contribution in [0.5, 0.6) is 5.75 Å². The van der Waals surface area contributed by atoms with Crippen LogP contribution in [0.2, 0.25) is 5.02 Å². The molecule has 1 heterocycles. The number of aromatic nitrogens is 1. The Labute approximate surface area is 282 Å². The maximum atomic E-state index is 13.0. The smallest absolute Gasteiger partial charge is 0.416 e. The van der Waals surface area contributed by atoms with Gasteiger partial charge in [0.1, 0.15) is 18.1 Å². The van der Waals surface area contributed by atoms with E-state index in [1.807, 2.05) is 30.3 Å². The Hall–Kier alpha value is -4.41. The summed E-state index contributed by atoms with van der Waals surface area (Å²) in [7, 11) is 0. The van der Waals surface area contributed by atoms with Gasteiger partial charge in [-0.2, -0.15) is 13.2 Å². The van der Waals surface area contributed by atoms with Crippen LogP contribution in [0.4, 0.5) is 13.2 Å². The van der Waals surface area contributed by atoms with Gasteiger partial charge in [-0.25, -0.2) is 9.78 Å². The number of ether oxygens (including phenoxy) is 1. The molecule has 11 heteroatoms. The fourth-order valence-electron chi connectivity index (χ4n) is 6.11. The molecular formula is C37H36ClF3N2O5. The SMILES string of the molecule is O=C(O)CCCCN(CCc1ccccc1OCc1ccc(-c2ccc(C(F)(F)F)cc2)cc1Cl)[C@H]1CCCc2nc(C(=O)O)ccc21. The van der Waals surface area contributed by atoms with Crippen LogP contribution in [0.15, 0.2) is 78.9 Å². The van der Waals surface area contributed by atoms with E-state index in [4.69, 9.17) is 21.4 Å². The number of fused-ring (bicyclic) bond motifs is 1. The monoisotopic (exact) mass is 680 g/mol. The summed E-state index contributed by atoms with van der Waals surface area (Å²) in [6, 6.07) is 21.4. The van der Waals surface area contributed by atoms with Crippen LogP contribution in [0.1, 0.15) is 76.6 Å². The maximum Gasteiger partial charge on any atom is 0.416 e. The zero-order chi connectivity index (χ0) is 34.3. The van der Waals surface area contributed by atoms with E-state index >= 15 is 0 Å². The summed E-state index contributed by atoms with van der Waals surface area (Å²) in [4.78, 5) is 29.4. The lowest BCUT2D eigenvalue weighted by molar-refractivity contribution is -0.138. The van der Waals surface area contributed by atoms with E-state index in [1.165, 1.54) is 12.1 Å². The van der Waals surface area contributed by atoms with Crippen LogP contribution in [0.3, 0.4) is 0 Å². The van der Waals surface area contributed by atoms with Gasteiger partial charge in [-0.05, 0) is 97.7 Å². The first-order valence-electron chi connectivity index (χ1n) is 15.9. The van der Waals surface area contributed by atoms with Gasteiger partial charge >= 0.3 is 18.1 Å². The Morgan fingerprint density at radius 1 is 0.917 bits per heavy atom. The number of unbranched alkanes of at least 4 members (excludes halogenated alkanes) is 1. The van der Waals surface area contributed by atoms with Crippen molar-refractivity contribution in [2.24, 2.45) is 0 Å². The normalized spacial score (nSPS) is 14.5. The maximum absolute atomic E-state index is 13.0. The molecule has 0 aliphatic heterocycles. The topological polar surface area (TPSA) is 100.0 Å². The van der Waals surface area contributed by atoms with E-state index in [0.29, 0.717) is 60.7 Å². The molecule has 1 aliphatic carbocycles. The highest BCUT2D eigenvalue weighted by Gasteiger charge is 2.30. The molecule has 4 aromatic rings. The third-order valence-corrected chi connectivity index (χ3v) is 8.98. The molecule has 48 heavy (non-hydrogen) atoms. The van der Waals surface area contributed by atoms with Gasteiger partial charge in [0.2, 0.25) is 0 Å². The number of halogens is 4. The molecule has 2 N–H and O–H groups in total. The van der Waals surface area contributed by atoms with Crippen LogP contribution in [0, 0.1) is 0 Å². The zero-order valence-corrected chi connectivity index (χ0v) is 26.9. The second-order valence-corrected chi connectivity index (χ2v) is 12.3. The highest BCUT2D eigenvalue weighted by Crippen LogP contribution is 2.35. The highest BCUT2D eigenvalue weighted by atomic mass is 35.5. The van der Waals surface area contributed by atoms with Crippen LogP contribution in [0.25, 0.3) is 11.1 Å². The van der Waals surface area contributed by atoms with Crippen LogP contribution >= 0.6 is 11.6 Å². The third-order valence-electron chi connectivity index (χ3n) is 8.63. The number of carbonyl (C=O) groups is 2. The van der Waals surface area contributed by atoms with E-state index in [-0.39, 0.29) is 24.8 Å². The second-order valence-electron chi connectivity index (χ2n) is 11.9. The van der Waals surface area contributed by atoms with Gasteiger partial charge in [-0.15, -0.1) is 0 Å². The predicted octanol–water partition coefficient (Wildman–Crippen LogP) is 8.88. The number of aliphatic carboxylic acids is 1. The number of para-hydroxylation sites is 1. The molecule has 5 rings (SSSR count). The molecule has 0 fully saturated rings. The number of aromatic carboxylic acids is 1. The van der Waals surface area contributed by atoms with Gasteiger partial charge in [0.25, 0.3) is 0 Å². The number of alkyl halides is 3. The molecule has 0 bridgehead atoms. The van der Waals surface area contributed by atoms with E-state index in [9.17, 15) is 27.9 Å². The molecule has 0 spiro atoms. The van der Waals surface area contributed by atoms with Crippen molar-refractivity contribution < 1.29 is 37.7 Å². The largest absolute Gasteiger partial charge is 0.489 e. The molecule has 252 valence electrons. The first-order chi connectivity index (χ1) is 23.0. The minimum absolute atomic E-state index is 0.0304. The van der Waals surface area contributed by atoms with Gasteiger partial charge in [0.05, 0.1) is 5.56 Å². The van der Waals surface area contributed by atoms with Gasteiger partial charge < -0.3 is 14.9 Å². The highest BCUT2D eigenvalue weighted by molar-refractivity contribution is 6.31. The molecule has 0 unspecified atom stereocenters. The van der Waals surface area contributed by atoms with Gasteiger partial charge in [-0.3, -0.25) is 9.69 Å². The average Bonchev–Trinajstić information content (AvgIpc) is 3.07. The fourth-order valence-corrected chi connectivity index (χ4v) is 6.35. The zero-order valence-electron chi connectivity index (χ0n) is 26.2. The lowest BCUT2D eigenvalue weighted by Gasteiger charge is -2.36. The number of benzene rings is 3. The van der Waals surface area contributed by atoms with Crippen molar-refractivity contribution in [3.05, 3.63) is 118 Å². The van der Waals surface area contributed by atoms with Crippen LogP contribution in [-0.2, 0) is 30.4 Å². The molecule has 1 atom stereocenters. The Kier molecular flexibility index (Phi) is 11.4. The number of carboxylic acids is 2. The quantitative estimate of drug-likeness (QED) is 0.128. The van der Waals surface area contributed by atoms with Crippen molar-refractivity contribution in [1.29, 1.82) is 0 Å². The number of carboxylic acid groups (broad SMARTS) is 2. The predicted molar refractivity (Wildman–Crippen MR) is 176 cm³/mol. The summed E-state index contributed by atoms with van der Waals surface area (Å²) < 4.78 is 45.1. The summed E-state index contributed by atoms with van der Waals surface area (Å²) in [6.45, 7) is 1.54. The molecule has 1 aromatic heterocycles. The molecule has 0 saturated heterocycles. The second kappa shape index (κ2) is 15.7. The summed E-state index contributed by atoms with van der Waals surface area (Å²) in [6.07, 6.45) is 0.0878. The molecule has 0 saturated carbocycles. The lowest BCUT2D eigenvalue weighted by atomic mass is 9.89.